The topological polar surface area (TPSA) is 89.0 Å². The molecular formula is C48H54N2O5Si. The van der Waals surface area contributed by atoms with Gasteiger partial charge < -0.3 is 14.3 Å². The Morgan fingerprint density at radius 3 is 2.16 bits per heavy atom. The predicted octanol–water partition coefficient (Wildman–Crippen LogP) is 8.33. The fraction of sp³-hybridized carbons (Fsp3) is 0.396. The third kappa shape index (κ3) is 7.12. The number of carbonyl (C=O) groups is 2. The van der Waals surface area contributed by atoms with E-state index < -0.39 is 20.2 Å². The second-order valence-electron chi connectivity index (χ2n) is 17.1. The summed E-state index contributed by atoms with van der Waals surface area (Å²) in [4.78, 5) is 35.3. The molecule has 2 aliphatic carbocycles. The lowest BCUT2D eigenvalue weighted by molar-refractivity contribution is -0.143. The largest absolute Gasteiger partial charge is 0.507 e. The van der Waals surface area contributed by atoms with Gasteiger partial charge in [-0.1, -0.05) is 125 Å². The second-order valence-corrected chi connectivity index (χ2v) is 21.4. The molecule has 1 N–H and O–H groups in total. The molecule has 2 saturated heterocycles. The number of likely N-dealkylation sites (tertiary alicyclic amines) is 1. The minimum absolute atomic E-state index is 0.000360. The van der Waals surface area contributed by atoms with Crippen LogP contribution in [0.25, 0.3) is 11.6 Å². The number of imide groups is 1. The number of hydrogen-bond acceptors (Lipinski definition) is 6. The van der Waals surface area contributed by atoms with Gasteiger partial charge in [0, 0.05) is 23.7 Å². The van der Waals surface area contributed by atoms with E-state index in [0.717, 1.165) is 60.1 Å². The molecule has 1 saturated carbocycles. The fourth-order valence-corrected chi connectivity index (χ4v) is 14.7. The van der Waals surface area contributed by atoms with Crippen molar-refractivity contribution < 1.29 is 23.9 Å². The van der Waals surface area contributed by atoms with Gasteiger partial charge in [-0.2, -0.15) is 0 Å². The normalized spacial score (nSPS) is 23.4. The summed E-state index contributed by atoms with van der Waals surface area (Å²) in [5.74, 6) is -0.771. The third-order valence-electron chi connectivity index (χ3n) is 12.8. The lowest BCUT2D eigenvalue weighted by Gasteiger charge is -2.44. The van der Waals surface area contributed by atoms with Crippen LogP contribution in [0, 0.1) is 17.8 Å². The number of allylic oxidation sites excluding steroid dienone is 1. The number of aromatic nitrogens is 1. The van der Waals surface area contributed by atoms with Gasteiger partial charge in [-0.05, 0) is 88.5 Å². The first-order chi connectivity index (χ1) is 27.2. The summed E-state index contributed by atoms with van der Waals surface area (Å²) >= 11 is 0. The van der Waals surface area contributed by atoms with E-state index in [2.05, 4.69) is 81.4 Å². The van der Waals surface area contributed by atoms with Gasteiger partial charge in [0.2, 0.25) is 11.8 Å². The van der Waals surface area contributed by atoms with Crippen LogP contribution in [0.5, 0.6) is 5.75 Å². The average Bonchev–Trinajstić information content (AvgIpc) is 3.75. The molecule has 3 fully saturated rings. The number of rotatable bonds is 11. The van der Waals surface area contributed by atoms with Crippen LogP contribution < -0.4 is 10.4 Å². The number of hydrogen-bond donors (Lipinski definition) is 1. The van der Waals surface area contributed by atoms with Crippen molar-refractivity contribution in [2.24, 2.45) is 17.8 Å². The van der Waals surface area contributed by atoms with E-state index in [1.165, 1.54) is 10.4 Å². The Balaban J connectivity index is 1.18. The summed E-state index contributed by atoms with van der Waals surface area (Å²) in [5.41, 5.74) is 4.84. The highest BCUT2D eigenvalue weighted by atomic mass is 28.4. The van der Waals surface area contributed by atoms with Gasteiger partial charge in [-0.25, -0.2) is 0 Å². The van der Waals surface area contributed by atoms with Crippen molar-refractivity contribution in [1.29, 1.82) is 0 Å². The monoisotopic (exact) mass is 766 g/mol. The number of phenols is 1. The second kappa shape index (κ2) is 16.1. The van der Waals surface area contributed by atoms with Crippen LogP contribution in [-0.4, -0.2) is 60.5 Å². The Labute approximate surface area is 332 Å². The minimum atomic E-state index is -2.91. The number of benzene rings is 3. The van der Waals surface area contributed by atoms with E-state index in [1.54, 1.807) is 17.2 Å². The van der Waals surface area contributed by atoms with Crippen LogP contribution in [0.4, 0.5) is 0 Å². The van der Waals surface area contributed by atoms with Crippen LogP contribution >= 0.6 is 0 Å². The van der Waals surface area contributed by atoms with E-state index >= 15 is 0 Å². The quantitative estimate of drug-likeness (QED) is 0.0939. The number of amides is 2. The van der Waals surface area contributed by atoms with E-state index in [1.807, 2.05) is 42.5 Å². The molecule has 0 bridgehead atoms. The lowest BCUT2D eigenvalue weighted by atomic mass is 9.69. The predicted molar refractivity (Wildman–Crippen MR) is 224 cm³/mol. The Bertz CT molecular complexity index is 2050. The van der Waals surface area contributed by atoms with Crippen molar-refractivity contribution in [3.8, 4) is 5.75 Å². The van der Waals surface area contributed by atoms with Crippen molar-refractivity contribution in [1.82, 2.24) is 9.88 Å². The van der Waals surface area contributed by atoms with Crippen molar-refractivity contribution in [3.63, 3.8) is 0 Å². The maximum absolute atomic E-state index is 14.5. The molecule has 290 valence electrons. The van der Waals surface area contributed by atoms with Crippen LogP contribution in [0.15, 0.2) is 120 Å². The van der Waals surface area contributed by atoms with Gasteiger partial charge in [0.25, 0.3) is 8.32 Å². The lowest BCUT2D eigenvalue weighted by Crippen LogP contribution is -2.66. The molecule has 0 unspecified atom stereocenters. The summed E-state index contributed by atoms with van der Waals surface area (Å²) in [7, 11) is -2.91. The number of ether oxygens (including phenoxy) is 1. The number of pyridine rings is 1. The molecule has 0 spiro atoms. The number of aromatic hydroxyl groups is 1. The molecule has 8 heteroatoms. The highest BCUT2D eigenvalue weighted by Crippen LogP contribution is 2.51. The third-order valence-corrected chi connectivity index (χ3v) is 17.8. The van der Waals surface area contributed by atoms with Crippen molar-refractivity contribution in [2.75, 3.05) is 13.2 Å². The number of para-hydroxylation sites is 1. The highest BCUT2D eigenvalue weighted by molar-refractivity contribution is 6.99. The molecule has 2 amide bonds. The maximum atomic E-state index is 14.5. The number of carbonyl (C=O) groups excluding carboxylic acids is 2. The standard InChI is InChI=1S/C48H54N2O5Si/c1-48(2,3)56(37-20-9-5-10-21-37,38-22-11-6-12-23-38)55-31-35-30-39-45(47(53)50(46(39)52)36-18-7-4-8-19-36)40-32-54-43(44(35)40)27-26-33(41-24-15-16-28-49-41)29-34-17-13-14-25-42(34)51/h5-6,9-17,20-25,28-29,36,39-40,43,45,51H,4,7-8,18-19,26-27,30-32H2,1-3H3/b33-29-/t39-,40+,43-,45-/m1/s1. The van der Waals surface area contributed by atoms with Gasteiger partial charge in [0.1, 0.15) is 5.75 Å². The molecule has 4 aromatic rings. The van der Waals surface area contributed by atoms with Gasteiger partial charge in [-0.3, -0.25) is 19.5 Å². The van der Waals surface area contributed by atoms with Crippen LogP contribution in [0.3, 0.4) is 0 Å². The van der Waals surface area contributed by atoms with E-state index in [0.29, 0.717) is 32.5 Å². The molecular weight excluding hydrogens is 713 g/mol. The molecule has 4 atom stereocenters. The summed E-state index contributed by atoms with van der Waals surface area (Å²) < 4.78 is 14.3. The molecule has 3 aromatic carbocycles. The van der Waals surface area contributed by atoms with Crippen LogP contribution in [-0.2, 0) is 18.8 Å². The summed E-state index contributed by atoms with van der Waals surface area (Å²) in [5, 5.41) is 12.9. The Hall–Kier alpha value is -4.63. The first-order valence-electron chi connectivity index (χ1n) is 20.5. The summed E-state index contributed by atoms with van der Waals surface area (Å²) in [6.07, 6.45) is 10.4. The first-order valence-corrected chi connectivity index (χ1v) is 22.4. The van der Waals surface area contributed by atoms with Gasteiger partial charge >= 0.3 is 0 Å². The number of phenolic OH excluding ortho intramolecular Hbond substituents is 1. The summed E-state index contributed by atoms with van der Waals surface area (Å²) in [6, 6.07) is 34.6. The first kappa shape index (κ1) is 38.3. The zero-order valence-electron chi connectivity index (χ0n) is 32.9. The van der Waals surface area contributed by atoms with Gasteiger partial charge in [0.15, 0.2) is 0 Å². The Kier molecular flexibility index (Phi) is 11.0. The average molecular weight is 767 g/mol. The van der Waals surface area contributed by atoms with Gasteiger partial charge in [-0.15, -0.1) is 0 Å². The molecule has 7 nitrogen and oxygen atoms in total. The van der Waals surface area contributed by atoms with Gasteiger partial charge in [0.05, 0.1) is 36.8 Å². The minimum Gasteiger partial charge on any atom is -0.507 e. The zero-order valence-corrected chi connectivity index (χ0v) is 33.9. The van der Waals surface area contributed by atoms with Crippen molar-refractivity contribution in [3.05, 3.63) is 132 Å². The van der Waals surface area contributed by atoms with E-state index in [-0.39, 0.29) is 40.7 Å². The van der Waals surface area contributed by atoms with E-state index in [4.69, 9.17) is 14.1 Å². The molecule has 3 heterocycles. The number of nitrogens with zero attached hydrogens (tertiary/aromatic N) is 2. The van der Waals surface area contributed by atoms with E-state index in [9.17, 15) is 14.7 Å². The molecule has 1 aromatic heterocycles. The molecule has 0 radical (unpaired) electrons. The number of fused-ring (bicyclic) bond motifs is 3. The molecule has 2 aliphatic heterocycles. The molecule has 4 aliphatic rings. The zero-order chi connectivity index (χ0) is 38.9. The smallest absolute Gasteiger partial charge is 0.261 e. The SMILES string of the molecule is CC(C)(C)[Si](OCC1=C2[C@@H](CC/C(=C/c3ccccc3O)c3ccccn3)OC[C@@H]2[C@@H]2C(=O)N(C3CCCCC3)C(=O)[C@@H]2C1)(c1ccccc1)c1ccccc1. The molecule has 8 rings (SSSR count). The fourth-order valence-electron chi connectivity index (χ4n) is 10.2. The van der Waals surface area contributed by atoms with Crippen molar-refractivity contribution in [2.45, 2.75) is 89.3 Å². The van der Waals surface area contributed by atoms with Crippen LogP contribution in [0.2, 0.25) is 5.04 Å². The maximum Gasteiger partial charge on any atom is 0.261 e. The Morgan fingerprint density at radius 1 is 0.857 bits per heavy atom. The van der Waals surface area contributed by atoms with Crippen molar-refractivity contribution >= 4 is 42.2 Å². The highest BCUT2D eigenvalue weighted by Gasteiger charge is 2.59. The summed E-state index contributed by atoms with van der Waals surface area (Å²) in [6.45, 7) is 7.64. The molecule has 56 heavy (non-hydrogen) atoms. The Morgan fingerprint density at radius 2 is 1.52 bits per heavy atom. The van der Waals surface area contributed by atoms with Crippen LogP contribution in [0.1, 0.15) is 83.4 Å².